The Morgan fingerprint density at radius 3 is 2.63 bits per heavy atom. The lowest BCUT2D eigenvalue weighted by Crippen LogP contribution is -2.14. The van der Waals surface area contributed by atoms with E-state index in [1.807, 2.05) is 12.1 Å². The Hall–Kier alpha value is -0.420. The summed E-state index contributed by atoms with van der Waals surface area (Å²) in [4.78, 5) is 0. The first-order chi connectivity index (χ1) is 8.97. The molecule has 2 aromatic carbocycles. The molecule has 1 nitrogen and oxygen atoms in total. The molecule has 1 atom stereocenters. The Balaban J connectivity index is 2.27. The Morgan fingerprint density at radius 2 is 1.89 bits per heavy atom. The van der Waals surface area contributed by atoms with E-state index in [0.29, 0.717) is 11.4 Å². The highest BCUT2D eigenvalue weighted by Crippen LogP contribution is 2.29. The highest BCUT2D eigenvalue weighted by molar-refractivity contribution is 9.10. The minimum atomic E-state index is -0.289. The van der Waals surface area contributed by atoms with Crippen LogP contribution in [0, 0.1) is 5.82 Å². The molecular weight excluding hydrogens is 396 g/mol. The van der Waals surface area contributed by atoms with Gasteiger partial charge in [0.25, 0.3) is 0 Å². The van der Waals surface area contributed by atoms with Crippen molar-refractivity contribution < 1.29 is 4.39 Å². The molecule has 0 aliphatic rings. The molecule has 2 N–H and O–H groups in total. The molecule has 2 rings (SSSR count). The summed E-state index contributed by atoms with van der Waals surface area (Å²) in [5.74, 6) is -0.272. The van der Waals surface area contributed by atoms with Crippen LogP contribution in [0.5, 0.6) is 0 Å². The Morgan fingerprint density at radius 1 is 1.16 bits per heavy atom. The van der Waals surface area contributed by atoms with E-state index in [4.69, 9.17) is 17.3 Å². The molecule has 5 heteroatoms. The number of halogens is 4. The third-order valence-corrected chi connectivity index (χ3v) is 4.42. The van der Waals surface area contributed by atoms with Crippen LogP contribution in [0.1, 0.15) is 17.2 Å². The maximum absolute atomic E-state index is 13.2. The lowest BCUT2D eigenvalue weighted by Gasteiger charge is -2.15. The smallest absolute Gasteiger partial charge is 0.123 e. The second-order valence-corrected chi connectivity index (χ2v) is 6.39. The highest BCUT2D eigenvalue weighted by Gasteiger charge is 2.13. The van der Waals surface area contributed by atoms with Crippen molar-refractivity contribution >= 4 is 43.5 Å². The fourth-order valence-electron chi connectivity index (χ4n) is 1.85. The zero-order valence-corrected chi connectivity index (χ0v) is 13.8. The van der Waals surface area contributed by atoms with Crippen LogP contribution in [0.3, 0.4) is 0 Å². The molecule has 0 radical (unpaired) electrons. The summed E-state index contributed by atoms with van der Waals surface area (Å²) in [7, 11) is 0. The van der Waals surface area contributed by atoms with Gasteiger partial charge in [0, 0.05) is 20.0 Å². The van der Waals surface area contributed by atoms with E-state index in [9.17, 15) is 4.39 Å². The standard InChI is InChI=1S/C14H11Br2ClFN/c15-9-1-4-13(17)11(7-9)14(19)6-8-5-10(18)2-3-12(8)16/h1-5,7,14H,6,19H2. The molecule has 0 fully saturated rings. The molecule has 2 aromatic rings. The van der Waals surface area contributed by atoms with E-state index in [0.717, 1.165) is 20.1 Å². The molecule has 100 valence electrons. The van der Waals surface area contributed by atoms with Crippen molar-refractivity contribution in [2.45, 2.75) is 12.5 Å². The average molecular weight is 408 g/mol. The first kappa shape index (κ1) is 15.0. The molecule has 0 aromatic heterocycles. The monoisotopic (exact) mass is 405 g/mol. The molecule has 0 aliphatic heterocycles. The second kappa shape index (κ2) is 6.35. The predicted octanol–water partition coefficient (Wildman–Crippen LogP) is 5.25. The molecule has 0 bridgehead atoms. The Bertz CT molecular complexity index is 604. The lowest BCUT2D eigenvalue weighted by molar-refractivity contribution is 0.621. The van der Waals surface area contributed by atoms with Gasteiger partial charge >= 0.3 is 0 Å². The summed E-state index contributed by atoms with van der Waals surface area (Å²) < 4.78 is 15.0. The van der Waals surface area contributed by atoms with Gasteiger partial charge in [-0.15, -0.1) is 0 Å². The molecule has 0 spiro atoms. The van der Waals surface area contributed by atoms with E-state index >= 15 is 0 Å². The van der Waals surface area contributed by atoms with Crippen LogP contribution >= 0.6 is 43.5 Å². The number of hydrogen-bond acceptors (Lipinski definition) is 1. The van der Waals surface area contributed by atoms with Crippen LogP contribution in [-0.2, 0) is 6.42 Å². The van der Waals surface area contributed by atoms with Gasteiger partial charge in [-0.1, -0.05) is 43.5 Å². The van der Waals surface area contributed by atoms with Gasteiger partial charge in [-0.25, -0.2) is 4.39 Å². The van der Waals surface area contributed by atoms with Crippen LogP contribution in [0.15, 0.2) is 45.3 Å². The van der Waals surface area contributed by atoms with Crippen molar-refractivity contribution in [1.82, 2.24) is 0 Å². The Labute approximate surface area is 133 Å². The molecular formula is C14H11Br2ClFN. The van der Waals surface area contributed by atoms with Crippen molar-refractivity contribution in [3.05, 3.63) is 67.3 Å². The number of hydrogen-bond donors (Lipinski definition) is 1. The minimum Gasteiger partial charge on any atom is -0.324 e. The van der Waals surface area contributed by atoms with Gasteiger partial charge < -0.3 is 5.73 Å². The van der Waals surface area contributed by atoms with Gasteiger partial charge in [0.1, 0.15) is 5.82 Å². The third-order valence-electron chi connectivity index (χ3n) is 2.81. The molecule has 0 aliphatic carbocycles. The van der Waals surface area contributed by atoms with Crippen molar-refractivity contribution in [3.8, 4) is 0 Å². The number of nitrogens with two attached hydrogens (primary N) is 1. The fourth-order valence-corrected chi connectivity index (χ4v) is 2.89. The fraction of sp³-hybridized carbons (Fsp3) is 0.143. The van der Waals surface area contributed by atoms with E-state index < -0.39 is 0 Å². The summed E-state index contributed by atoms with van der Waals surface area (Å²) in [6, 6.07) is 9.82. The molecule has 0 saturated carbocycles. The van der Waals surface area contributed by atoms with Crippen molar-refractivity contribution in [1.29, 1.82) is 0 Å². The summed E-state index contributed by atoms with van der Waals surface area (Å²) in [5.41, 5.74) is 7.83. The van der Waals surface area contributed by atoms with Gasteiger partial charge in [-0.05, 0) is 53.9 Å². The van der Waals surface area contributed by atoms with Crippen LogP contribution in [0.4, 0.5) is 4.39 Å². The van der Waals surface area contributed by atoms with Gasteiger partial charge in [0.2, 0.25) is 0 Å². The largest absolute Gasteiger partial charge is 0.324 e. The first-order valence-electron chi connectivity index (χ1n) is 5.62. The Kier molecular flexibility index (Phi) is 5.01. The third kappa shape index (κ3) is 3.78. The molecule has 0 heterocycles. The zero-order valence-electron chi connectivity index (χ0n) is 9.84. The summed E-state index contributed by atoms with van der Waals surface area (Å²) in [5, 5.41) is 0.614. The predicted molar refractivity (Wildman–Crippen MR) is 83.9 cm³/mol. The quantitative estimate of drug-likeness (QED) is 0.739. The van der Waals surface area contributed by atoms with E-state index in [1.54, 1.807) is 12.1 Å². The first-order valence-corrected chi connectivity index (χ1v) is 7.58. The maximum atomic E-state index is 13.2. The molecule has 1 unspecified atom stereocenters. The summed E-state index contributed by atoms with van der Waals surface area (Å²) in [6.45, 7) is 0. The second-order valence-electron chi connectivity index (χ2n) is 4.21. The van der Waals surface area contributed by atoms with Gasteiger partial charge in [0.15, 0.2) is 0 Å². The topological polar surface area (TPSA) is 26.0 Å². The minimum absolute atomic E-state index is 0.272. The zero-order chi connectivity index (χ0) is 14.0. The van der Waals surface area contributed by atoms with Crippen molar-refractivity contribution in [3.63, 3.8) is 0 Å². The van der Waals surface area contributed by atoms with Crippen LogP contribution in [0.25, 0.3) is 0 Å². The van der Waals surface area contributed by atoms with Gasteiger partial charge in [0.05, 0.1) is 0 Å². The number of benzene rings is 2. The van der Waals surface area contributed by atoms with Crippen LogP contribution in [-0.4, -0.2) is 0 Å². The lowest BCUT2D eigenvalue weighted by atomic mass is 9.99. The van der Waals surface area contributed by atoms with Crippen LogP contribution < -0.4 is 5.73 Å². The van der Waals surface area contributed by atoms with Gasteiger partial charge in [-0.3, -0.25) is 0 Å². The van der Waals surface area contributed by atoms with Crippen molar-refractivity contribution in [2.75, 3.05) is 0 Å². The SMILES string of the molecule is NC(Cc1cc(F)ccc1Br)c1cc(Br)ccc1Cl. The number of rotatable bonds is 3. The average Bonchev–Trinajstić information content (AvgIpc) is 2.36. The normalized spacial score (nSPS) is 12.5. The highest BCUT2D eigenvalue weighted by atomic mass is 79.9. The van der Waals surface area contributed by atoms with E-state index in [-0.39, 0.29) is 11.9 Å². The van der Waals surface area contributed by atoms with Crippen molar-refractivity contribution in [2.24, 2.45) is 5.73 Å². The maximum Gasteiger partial charge on any atom is 0.123 e. The van der Waals surface area contributed by atoms with Gasteiger partial charge in [-0.2, -0.15) is 0 Å². The molecule has 0 amide bonds. The van der Waals surface area contributed by atoms with Crippen LogP contribution in [0.2, 0.25) is 5.02 Å². The molecule has 0 saturated heterocycles. The van der Waals surface area contributed by atoms with E-state index in [1.165, 1.54) is 12.1 Å². The van der Waals surface area contributed by atoms with E-state index in [2.05, 4.69) is 31.9 Å². The molecule has 19 heavy (non-hydrogen) atoms. The summed E-state index contributed by atoms with van der Waals surface area (Å²) >= 11 is 12.9. The summed E-state index contributed by atoms with van der Waals surface area (Å²) in [6.07, 6.45) is 0.508.